The Kier molecular flexibility index (Phi) is 3.47. The first-order valence-corrected chi connectivity index (χ1v) is 6.97. The molecule has 0 aromatic rings. The van der Waals surface area contributed by atoms with E-state index in [9.17, 15) is 4.79 Å². The maximum Gasteiger partial charge on any atom is 0.240 e. The van der Waals surface area contributed by atoms with E-state index in [1.165, 1.54) is 0 Å². The van der Waals surface area contributed by atoms with Gasteiger partial charge < -0.3 is 4.90 Å². The summed E-state index contributed by atoms with van der Waals surface area (Å²) < 4.78 is 0. The maximum atomic E-state index is 12.2. The van der Waals surface area contributed by atoms with E-state index in [1.807, 2.05) is 4.90 Å². The minimum absolute atomic E-state index is 0.0456. The van der Waals surface area contributed by atoms with Crippen molar-refractivity contribution in [1.29, 1.82) is 0 Å². The second kappa shape index (κ2) is 4.55. The van der Waals surface area contributed by atoms with Crippen LogP contribution in [0.25, 0.3) is 0 Å². The number of likely N-dealkylation sites (N-methyl/N-ethyl adjacent to an activating group) is 1. The molecule has 16 heavy (non-hydrogen) atoms. The van der Waals surface area contributed by atoms with Crippen LogP contribution >= 0.6 is 11.8 Å². The van der Waals surface area contributed by atoms with Gasteiger partial charge >= 0.3 is 0 Å². The van der Waals surface area contributed by atoms with Gasteiger partial charge in [-0.05, 0) is 20.9 Å². The van der Waals surface area contributed by atoms with Crippen LogP contribution in [-0.4, -0.2) is 65.6 Å². The van der Waals surface area contributed by atoms with E-state index in [0.717, 1.165) is 31.3 Å². The van der Waals surface area contributed by atoms with Crippen LogP contribution in [0.15, 0.2) is 0 Å². The van der Waals surface area contributed by atoms with E-state index in [4.69, 9.17) is 0 Å². The Morgan fingerprint density at radius 2 is 2.19 bits per heavy atom. The van der Waals surface area contributed by atoms with Gasteiger partial charge in [-0.2, -0.15) is 0 Å². The summed E-state index contributed by atoms with van der Waals surface area (Å²) >= 11 is 1.81. The van der Waals surface area contributed by atoms with Crippen LogP contribution in [0.2, 0.25) is 0 Å². The maximum absolute atomic E-state index is 12.2. The third-order valence-electron chi connectivity index (χ3n) is 3.64. The molecule has 92 valence electrons. The zero-order valence-corrected chi connectivity index (χ0v) is 11.1. The zero-order valence-electron chi connectivity index (χ0n) is 10.3. The van der Waals surface area contributed by atoms with Crippen molar-refractivity contribution in [3.8, 4) is 0 Å². The molecule has 1 unspecified atom stereocenters. The average Bonchev–Trinajstić information content (AvgIpc) is 2.74. The first-order chi connectivity index (χ1) is 7.50. The lowest BCUT2D eigenvalue weighted by molar-refractivity contribution is -0.137. The molecule has 1 amide bonds. The van der Waals surface area contributed by atoms with E-state index in [1.54, 1.807) is 11.8 Å². The van der Waals surface area contributed by atoms with Gasteiger partial charge in [0.25, 0.3) is 0 Å². The lowest BCUT2D eigenvalue weighted by Crippen LogP contribution is -2.61. The molecular weight excluding hydrogens is 222 g/mol. The standard InChI is InChI=1S/C11H21N3OS/c1-11(2)7-14(5-4-13(11)3)10(15)9-6-16-8-12-9/h9,12H,4-8H2,1-3H3. The number of hydrogen-bond acceptors (Lipinski definition) is 4. The molecule has 0 aromatic heterocycles. The summed E-state index contributed by atoms with van der Waals surface area (Å²) in [6.45, 7) is 7.07. The normalized spacial score (nSPS) is 30.7. The molecule has 4 nitrogen and oxygen atoms in total. The molecule has 2 saturated heterocycles. The number of amides is 1. The number of piperazine rings is 1. The summed E-state index contributed by atoms with van der Waals surface area (Å²) in [6.07, 6.45) is 0. The monoisotopic (exact) mass is 243 g/mol. The SMILES string of the molecule is CN1CCN(C(=O)C2CSCN2)CC1(C)C. The molecular formula is C11H21N3OS. The second-order valence-electron chi connectivity index (χ2n) is 5.27. The van der Waals surface area contributed by atoms with Crippen LogP contribution in [0, 0.1) is 0 Å². The summed E-state index contributed by atoms with van der Waals surface area (Å²) in [5.41, 5.74) is 0.0969. The number of nitrogens with zero attached hydrogens (tertiary/aromatic N) is 2. The summed E-state index contributed by atoms with van der Waals surface area (Å²) in [6, 6.07) is 0.0456. The largest absolute Gasteiger partial charge is 0.338 e. The molecule has 0 aromatic carbocycles. The van der Waals surface area contributed by atoms with Crippen molar-refractivity contribution in [2.75, 3.05) is 38.3 Å². The number of rotatable bonds is 1. The topological polar surface area (TPSA) is 35.6 Å². The fourth-order valence-corrected chi connectivity index (χ4v) is 3.14. The number of hydrogen-bond donors (Lipinski definition) is 1. The third-order valence-corrected chi connectivity index (χ3v) is 4.58. The van der Waals surface area contributed by atoms with Crippen LogP contribution in [-0.2, 0) is 4.79 Å². The molecule has 1 N–H and O–H groups in total. The molecule has 2 heterocycles. The minimum atomic E-state index is 0.0456. The van der Waals surface area contributed by atoms with Gasteiger partial charge in [-0.15, -0.1) is 11.8 Å². The van der Waals surface area contributed by atoms with Gasteiger partial charge in [-0.1, -0.05) is 0 Å². The molecule has 2 fully saturated rings. The minimum Gasteiger partial charge on any atom is -0.338 e. The lowest BCUT2D eigenvalue weighted by Gasteiger charge is -2.45. The Bertz CT molecular complexity index is 276. The van der Waals surface area contributed by atoms with Crippen molar-refractivity contribution in [2.24, 2.45) is 0 Å². The van der Waals surface area contributed by atoms with Crippen molar-refractivity contribution in [2.45, 2.75) is 25.4 Å². The van der Waals surface area contributed by atoms with Gasteiger partial charge in [0.1, 0.15) is 0 Å². The van der Waals surface area contributed by atoms with E-state index in [0.29, 0.717) is 0 Å². The second-order valence-corrected chi connectivity index (χ2v) is 6.30. The number of nitrogens with one attached hydrogen (secondary N) is 1. The van der Waals surface area contributed by atoms with Gasteiger partial charge in [-0.25, -0.2) is 0 Å². The molecule has 5 heteroatoms. The first-order valence-electron chi connectivity index (χ1n) is 5.82. The number of carbonyl (C=O) groups is 1. The molecule has 0 aliphatic carbocycles. The Morgan fingerprint density at radius 1 is 1.44 bits per heavy atom. The summed E-state index contributed by atoms with van der Waals surface area (Å²) in [4.78, 5) is 16.6. The highest BCUT2D eigenvalue weighted by atomic mass is 32.2. The van der Waals surface area contributed by atoms with Crippen molar-refractivity contribution in [3.05, 3.63) is 0 Å². The van der Waals surface area contributed by atoms with E-state index >= 15 is 0 Å². The predicted molar refractivity (Wildman–Crippen MR) is 67.5 cm³/mol. The average molecular weight is 243 g/mol. The Balaban J connectivity index is 1.97. The van der Waals surface area contributed by atoms with Crippen LogP contribution < -0.4 is 5.32 Å². The van der Waals surface area contributed by atoms with Crippen LogP contribution in [0.5, 0.6) is 0 Å². The predicted octanol–water partition coefficient (Wildman–Crippen LogP) is 0.202. The first kappa shape index (κ1) is 12.2. The number of thioether (sulfide) groups is 1. The van der Waals surface area contributed by atoms with Gasteiger partial charge in [0.2, 0.25) is 5.91 Å². The van der Waals surface area contributed by atoms with Crippen molar-refractivity contribution >= 4 is 17.7 Å². The summed E-state index contributed by atoms with van der Waals surface area (Å²) in [5, 5.41) is 3.25. The van der Waals surface area contributed by atoms with Crippen LogP contribution in [0.4, 0.5) is 0 Å². The van der Waals surface area contributed by atoms with Crippen molar-refractivity contribution in [3.63, 3.8) is 0 Å². The molecule has 0 bridgehead atoms. The Morgan fingerprint density at radius 3 is 2.75 bits per heavy atom. The molecule has 0 radical (unpaired) electrons. The number of carbonyl (C=O) groups excluding carboxylic acids is 1. The van der Waals surface area contributed by atoms with Gasteiger partial charge in [0.15, 0.2) is 0 Å². The van der Waals surface area contributed by atoms with Gasteiger partial charge in [0, 0.05) is 36.8 Å². The third kappa shape index (κ3) is 2.36. The van der Waals surface area contributed by atoms with Crippen LogP contribution in [0.3, 0.4) is 0 Å². The van der Waals surface area contributed by atoms with Crippen molar-refractivity contribution in [1.82, 2.24) is 15.1 Å². The molecule has 2 aliphatic heterocycles. The molecule has 0 saturated carbocycles. The highest BCUT2D eigenvalue weighted by molar-refractivity contribution is 7.99. The quantitative estimate of drug-likeness (QED) is 0.714. The van der Waals surface area contributed by atoms with Gasteiger partial charge in [-0.3, -0.25) is 15.0 Å². The zero-order chi connectivity index (χ0) is 11.8. The van der Waals surface area contributed by atoms with Crippen molar-refractivity contribution < 1.29 is 4.79 Å². The Hall–Kier alpha value is -0.260. The smallest absolute Gasteiger partial charge is 0.240 e. The highest BCUT2D eigenvalue weighted by Gasteiger charge is 2.36. The van der Waals surface area contributed by atoms with Crippen LogP contribution in [0.1, 0.15) is 13.8 Å². The summed E-state index contributed by atoms with van der Waals surface area (Å²) in [7, 11) is 2.13. The molecule has 2 rings (SSSR count). The Labute approximate surface area is 102 Å². The van der Waals surface area contributed by atoms with E-state index in [2.05, 4.69) is 31.1 Å². The molecule has 2 aliphatic rings. The van der Waals surface area contributed by atoms with Gasteiger partial charge in [0.05, 0.1) is 6.04 Å². The fraction of sp³-hybridized carbons (Fsp3) is 0.909. The fourth-order valence-electron chi connectivity index (χ4n) is 2.20. The van der Waals surface area contributed by atoms with E-state index in [-0.39, 0.29) is 17.5 Å². The highest BCUT2D eigenvalue weighted by Crippen LogP contribution is 2.20. The lowest BCUT2D eigenvalue weighted by atomic mass is 9.99. The summed E-state index contributed by atoms with van der Waals surface area (Å²) in [5.74, 6) is 2.12. The molecule has 0 spiro atoms. The molecule has 1 atom stereocenters. The van der Waals surface area contributed by atoms with E-state index < -0.39 is 0 Å².